The molecule has 0 saturated carbocycles. The van der Waals surface area contributed by atoms with E-state index in [4.69, 9.17) is 4.99 Å². The van der Waals surface area contributed by atoms with Gasteiger partial charge >= 0.3 is 0 Å². The Labute approximate surface area is 198 Å². The molecule has 168 valence electrons. The van der Waals surface area contributed by atoms with E-state index in [9.17, 15) is 0 Å². The SMILES string of the molecule is C=C/C(=C\C=C1/CC=C(c2ccccc2)C(CC)=N1)C(C1=CC=C(C)CC1)c1cncn1C. The Morgan fingerprint density at radius 1 is 1.18 bits per heavy atom. The van der Waals surface area contributed by atoms with Gasteiger partial charge in [-0.25, -0.2) is 4.98 Å². The molecule has 0 radical (unpaired) electrons. The number of allylic oxidation sites excluding steroid dienone is 10. The largest absolute Gasteiger partial charge is 0.337 e. The number of dihydropyridines is 1. The Morgan fingerprint density at radius 2 is 2.00 bits per heavy atom. The number of hydrogen-bond donors (Lipinski definition) is 0. The van der Waals surface area contributed by atoms with Crippen LogP contribution >= 0.6 is 0 Å². The van der Waals surface area contributed by atoms with E-state index in [2.05, 4.69) is 97.7 Å². The number of benzene rings is 1. The topological polar surface area (TPSA) is 30.2 Å². The molecule has 1 aromatic heterocycles. The van der Waals surface area contributed by atoms with Crippen LogP contribution < -0.4 is 0 Å². The summed E-state index contributed by atoms with van der Waals surface area (Å²) in [6, 6.07) is 10.5. The highest BCUT2D eigenvalue weighted by Crippen LogP contribution is 2.37. The Hall–Kier alpha value is -3.46. The summed E-state index contributed by atoms with van der Waals surface area (Å²) in [5, 5.41) is 0. The summed E-state index contributed by atoms with van der Waals surface area (Å²) in [6.45, 7) is 8.53. The molecule has 4 rings (SSSR count). The van der Waals surface area contributed by atoms with E-state index in [0.717, 1.165) is 37.1 Å². The molecule has 0 amide bonds. The minimum atomic E-state index is 0.143. The van der Waals surface area contributed by atoms with Gasteiger partial charge < -0.3 is 4.57 Å². The minimum absolute atomic E-state index is 0.143. The second-order valence-corrected chi connectivity index (χ2v) is 8.75. The molecule has 1 aliphatic carbocycles. The fourth-order valence-electron chi connectivity index (χ4n) is 4.57. The average molecular weight is 436 g/mol. The summed E-state index contributed by atoms with van der Waals surface area (Å²) in [5.74, 6) is 0.143. The van der Waals surface area contributed by atoms with Gasteiger partial charge in [0, 0.05) is 42.7 Å². The monoisotopic (exact) mass is 435 g/mol. The highest BCUT2D eigenvalue weighted by Gasteiger charge is 2.23. The number of rotatable bonds is 7. The number of aliphatic imine (C=N–C) groups is 1. The summed E-state index contributed by atoms with van der Waals surface area (Å²) >= 11 is 0. The molecule has 0 fully saturated rings. The Balaban J connectivity index is 1.67. The average Bonchev–Trinajstić information content (AvgIpc) is 3.28. The lowest BCUT2D eigenvalue weighted by molar-refractivity contribution is 0.740. The summed E-state index contributed by atoms with van der Waals surface area (Å²) in [4.78, 5) is 9.41. The standard InChI is InChI=1S/C30H33N3/c1-5-23(30(29-20-31-21-33(29)4)25-14-12-22(3)13-15-25)16-17-26-18-19-27(28(6-2)32-26)24-10-8-7-9-11-24/h5,7-12,14,16-17,19-21,30H,1,6,13,15,18H2,2-4H3/b23-16+,26-17+. The second-order valence-electron chi connectivity index (χ2n) is 8.75. The van der Waals surface area contributed by atoms with Gasteiger partial charge in [-0.3, -0.25) is 4.99 Å². The number of imidazole rings is 1. The molecule has 0 spiro atoms. The van der Waals surface area contributed by atoms with Crippen molar-refractivity contribution in [1.82, 2.24) is 9.55 Å². The molecule has 3 nitrogen and oxygen atoms in total. The van der Waals surface area contributed by atoms with Gasteiger partial charge in [0.1, 0.15) is 0 Å². The van der Waals surface area contributed by atoms with Crippen LogP contribution in [0.3, 0.4) is 0 Å². The van der Waals surface area contributed by atoms with E-state index in [0.29, 0.717) is 0 Å². The fraction of sp³-hybridized carbons (Fsp3) is 0.267. The van der Waals surface area contributed by atoms with Crippen LogP contribution in [0.15, 0.2) is 113 Å². The fourth-order valence-corrected chi connectivity index (χ4v) is 4.57. The van der Waals surface area contributed by atoms with Crippen LogP contribution in [0.4, 0.5) is 0 Å². The van der Waals surface area contributed by atoms with Crippen LogP contribution in [0, 0.1) is 0 Å². The minimum Gasteiger partial charge on any atom is -0.337 e. The van der Waals surface area contributed by atoms with E-state index in [1.54, 1.807) is 0 Å². The molecule has 1 atom stereocenters. The summed E-state index contributed by atoms with van der Waals surface area (Å²) in [6.07, 6.45) is 20.9. The maximum Gasteiger partial charge on any atom is 0.0945 e. The zero-order chi connectivity index (χ0) is 23.2. The van der Waals surface area contributed by atoms with Crippen LogP contribution in [0.25, 0.3) is 5.57 Å². The maximum absolute atomic E-state index is 5.02. The lowest BCUT2D eigenvalue weighted by Crippen LogP contribution is -2.11. The van der Waals surface area contributed by atoms with Gasteiger partial charge in [0.15, 0.2) is 0 Å². The number of nitrogens with zero attached hydrogens (tertiary/aromatic N) is 3. The summed E-state index contributed by atoms with van der Waals surface area (Å²) in [5.41, 5.74) is 9.92. The van der Waals surface area contributed by atoms with E-state index < -0.39 is 0 Å². The van der Waals surface area contributed by atoms with Crippen molar-refractivity contribution in [3.8, 4) is 0 Å². The molecule has 33 heavy (non-hydrogen) atoms. The van der Waals surface area contributed by atoms with Gasteiger partial charge in [-0.05, 0) is 49.0 Å². The quantitative estimate of drug-likeness (QED) is 0.414. The predicted molar refractivity (Wildman–Crippen MR) is 140 cm³/mol. The smallest absolute Gasteiger partial charge is 0.0945 e. The van der Waals surface area contributed by atoms with Crippen molar-refractivity contribution >= 4 is 11.3 Å². The zero-order valence-electron chi connectivity index (χ0n) is 20.0. The highest BCUT2D eigenvalue weighted by atomic mass is 15.0. The normalized spacial score (nSPS) is 18.9. The third-order valence-electron chi connectivity index (χ3n) is 6.47. The van der Waals surface area contributed by atoms with Gasteiger partial charge in [0.05, 0.1) is 6.33 Å². The zero-order valence-corrected chi connectivity index (χ0v) is 20.0. The van der Waals surface area contributed by atoms with E-state index in [-0.39, 0.29) is 5.92 Å². The van der Waals surface area contributed by atoms with Gasteiger partial charge in [0.2, 0.25) is 0 Å². The van der Waals surface area contributed by atoms with Crippen LogP contribution in [-0.2, 0) is 7.05 Å². The van der Waals surface area contributed by atoms with E-state index in [1.807, 2.05) is 18.6 Å². The molecule has 1 aliphatic heterocycles. The summed E-state index contributed by atoms with van der Waals surface area (Å²) < 4.78 is 2.12. The Kier molecular flexibility index (Phi) is 7.19. The summed E-state index contributed by atoms with van der Waals surface area (Å²) in [7, 11) is 2.06. The molecule has 1 aromatic carbocycles. The molecule has 2 aromatic rings. The van der Waals surface area contributed by atoms with Crippen molar-refractivity contribution in [3.05, 3.63) is 120 Å². The molecular formula is C30H33N3. The van der Waals surface area contributed by atoms with Crippen LogP contribution in [-0.4, -0.2) is 15.3 Å². The number of aryl methyl sites for hydroxylation is 1. The van der Waals surface area contributed by atoms with Crippen molar-refractivity contribution in [2.24, 2.45) is 12.0 Å². The first-order valence-corrected chi connectivity index (χ1v) is 11.8. The molecule has 0 saturated heterocycles. The molecule has 2 aliphatic rings. The van der Waals surface area contributed by atoms with Crippen LogP contribution in [0.2, 0.25) is 0 Å². The maximum atomic E-state index is 5.02. The van der Waals surface area contributed by atoms with Crippen molar-refractivity contribution in [2.45, 2.75) is 45.4 Å². The molecule has 2 heterocycles. The van der Waals surface area contributed by atoms with Gasteiger partial charge in [-0.2, -0.15) is 0 Å². The van der Waals surface area contributed by atoms with Crippen molar-refractivity contribution in [3.63, 3.8) is 0 Å². The lowest BCUT2D eigenvalue weighted by Gasteiger charge is -2.24. The third-order valence-corrected chi connectivity index (χ3v) is 6.47. The highest BCUT2D eigenvalue weighted by molar-refractivity contribution is 6.24. The molecule has 1 unspecified atom stereocenters. The Morgan fingerprint density at radius 3 is 2.64 bits per heavy atom. The van der Waals surface area contributed by atoms with Gasteiger partial charge in [-0.15, -0.1) is 0 Å². The predicted octanol–water partition coefficient (Wildman–Crippen LogP) is 7.50. The number of hydrogen-bond acceptors (Lipinski definition) is 2. The van der Waals surface area contributed by atoms with Crippen molar-refractivity contribution in [2.75, 3.05) is 0 Å². The van der Waals surface area contributed by atoms with E-state index >= 15 is 0 Å². The molecular weight excluding hydrogens is 402 g/mol. The van der Waals surface area contributed by atoms with Gasteiger partial charge in [0.25, 0.3) is 0 Å². The van der Waals surface area contributed by atoms with Crippen LogP contribution in [0.5, 0.6) is 0 Å². The Bertz CT molecular complexity index is 1200. The first-order valence-electron chi connectivity index (χ1n) is 11.8. The van der Waals surface area contributed by atoms with Crippen LogP contribution in [0.1, 0.15) is 56.7 Å². The second kappa shape index (κ2) is 10.4. The molecule has 0 N–H and O–H groups in total. The van der Waals surface area contributed by atoms with Crippen molar-refractivity contribution < 1.29 is 0 Å². The molecule has 0 bridgehead atoms. The first-order chi connectivity index (χ1) is 16.1. The first kappa shape index (κ1) is 22.7. The number of aromatic nitrogens is 2. The van der Waals surface area contributed by atoms with Gasteiger partial charge in [-0.1, -0.05) is 85.4 Å². The molecule has 3 heteroatoms. The van der Waals surface area contributed by atoms with E-state index in [1.165, 1.54) is 33.5 Å². The lowest BCUT2D eigenvalue weighted by atomic mass is 9.82. The third kappa shape index (κ3) is 5.14. The van der Waals surface area contributed by atoms with Crippen molar-refractivity contribution in [1.29, 1.82) is 0 Å².